The molecule has 22 heavy (non-hydrogen) atoms. The van der Waals surface area contributed by atoms with E-state index in [0.717, 1.165) is 5.56 Å². The molecule has 0 N–H and O–H groups in total. The van der Waals surface area contributed by atoms with Gasteiger partial charge in [-0.15, -0.1) is 0 Å². The molecule has 0 heterocycles. The lowest BCUT2D eigenvalue weighted by Gasteiger charge is -2.14. The number of hydrogen-bond donors (Lipinski definition) is 0. The predicted molar refractivity (Wildman–Crippen MR) is 82.2 cm³/mol. The van der Waals surface area contributed by atoms with Crippen LogP contribution in [0.5, 0.6) is 23.0 Å². The van der Waals surface area contributed by atoms with Crippen LogP contribution in [0.4, 0.5) is 0 Å². The SMILES string of the molecule is COc1cc(OC)c(C(=O)Oc2ccccc2C)cc1OC. The van der Waals surface area contributed by atoms with Crippen molar-refractivity contribution in [2.45, 2.75) is 6.92 Å². The van der Waals surface area contributed by atoms with E-state index in [1.165, 1.54) is 27.4 Å². The van der Waals surface area contributed by atoms with Crippen molar-refractivity contribution in [1.29, 1.82) is 0 Å². The Hall–Kier alpha value is -2.69. The van der Waals surface area contributed by atoms with Gasteiger partial charge in [-0.2, -0.15) is 0 Å². The number of esters is 1. The first kappa shape index (κ1) is 15.7. The first-order valence-corrected chi connectivity index (χ1v) is 6.68. The van der Waals surface area contributed by atoms with Crippen LogP contribution >= 0.6 is 0 Å². The van der Waals surface area contributed by atoms with Gasteiger partial charge in [0.15, 0.2) is 11.5 Å². The third kappa shape index (κ3) is 3.14. The molecule has 2 rings (SSSR count). The summed E-state index contributed by atoms with van der Waals surface area (Å²) in [6, 6.07) is 10.4. The van der Waals surface area contributed by atoms with Crippen molar-refractivity contribution in [2.24, 2.45) is 0 Å². The molecule has 5 heteroatoms. The molecule has 0 saturated carbocycles. The van der Waals surface area contributed by atoms with E-state index in [0.29, 0.717) is 23.0 Å². The third-order valence-electron chi connectivity index (χ3n) is 3.22. The van der Waals surface area contributed by atoms with Gasteiger partial charge in [-0.25, -0.2) is 4.79 Å². The Balaban J connectivity index is 2.38. The van der Waals surface area contributed by atoms with Crippen LogP contribution < -0.4 is 18.9 Å². The van der Waals surface area contributed by atoms with E-state index in [2.05, 4.69) is 0 Å². The number of aryl methyl sites for hydroxylation is 1. The molecule has 0 aromatic heterocycles. The fraction of sp³-hybridized carbons (Fsp3) is 0.235. The molecular formula is C17H18O5. The lowest BCUT2D eigenvalue weighted by atomic mass is 10.1. The van der Waals surface area contributed by atoms with Gasteiger partial charge in [0.1, 0.15) is 17.1 Å². The van der Waals surface area contributed by atoms with Crippen LogP contribution in [0, 0.1) is 6.92 Å². The van der Waals surface area contributed by atoms with Crippen molar-refractivity contribution in [1.82, 2.24) is 0 Å². The fourth-order valence-corrected chi connectivity index (χ4v) is 2.01. The maximum absolute atomic E-state index is 12.4. The molecule has 0 spiro atoms. The summed E-state index contributed by atoms with van der Waals surface area (Å²) in [4.78, 5) is 12.4. The minimum absolute atomic E-state index is 0.267. The van der Waals surface area contributed by atoms with Crippen molar-refractivity contribution in [3.05, 3.63) is 47.5 Å². The quantitative estimate of drug-likeness (QED) is 0.627. The molecule has 0 aliphatic heterocycles. The number of rotatable bonds is 5. The molecular weight excluding hydrogens is 284 g/mol. The largest absolute Gasteiger partial charge is 0.496 e. The zero-order chi connectivity index (χ0) is 16.1. The molecule has 116 valence electrons. The summed E-state index contributed by atoms with van der Waals surface area (Å²) in [5.41, 5.74) is 1.14. The standard InChI is InChI=1S/C17H18O5/c1-11-7-5-6-8-13(11)22-17(18)12-9-15(20-3)16(21-4)10-14(12)19-2/h5-10H,1-4H3. The van der Waals surface area contributed by atoms with E-state index in [1.807, 2.05) is 19.1 Å². The summed E-state index contributed by atoms with van der Waals surface area (Å²) in [6.07, 6.45) is 0. The van der Waals surface area contributed by atoms with E-state index >= 15 is 0 Å². The van der Waals surface area contributed by atoms with E-state index in [1.54, 1.807) is 18.2 Å². The summed E-state index contributed by atoms with van der Waals surface area (Å²) >= 11 is 0. The van der Waals surface area contributed by atoms with E-state index in [9.17, 15) is 4.79 Å². The van der Waals surface area contributed by atoms with E-state index in [-0.39, 0.29) is 5.56 Å². The first-order chi connectivity index (χ1) is 10.6. The van der Waals surface area contributed by atoms with Crippen LogP contribution in [0.2, 0.25) is 0 Å². The number of carbonyl (C=O) groups is 1. The van der Waals surface area contributed by atoms with Gasteiger partial charge in [0.2, 0.25) is 0 Å². The van der Waals surface area contributed by atoms with E-state index < -0.39 is 5.97 Å². The summed E-state index contributed by atoms with van der Waals surface area (Å²) in [7, 11) is 4.50. The van der Waals surface area contributed by atoms with Crippen LogP contribution in [0.1, 0.15) is 15.9 Å². The van der Waals surface area contributed by atoms with Crippen molar-refractivity contribution in [3.63, 3.8) is 0 Å². The van der Waals surface area contributed by atoms with Crippen molar-refractivity contribution >= 4 is 5.97 Å². The highest BCUT2D eigenvalue weighted by atomic mass is 16.5. The van der Waals surface area contributed by atoms with Gasteiger partial charge in [-0.1, -0.05) is 18.2 Å². The Kier molecular flexibility index (Phi) is 4.88. The third-order valence-corrected chi connectivity index (χ3v) is 3.22. The van der Waals surface area contributed by atoms with Gasteiger partial charge < -0.3 is 18.9 Å². The monoisotopic (exact) mass is 302 g/mol. The normalized spacial score (nSPS) is 10.0. The molecule has 5 nitrogen and oxygen atoms in total. The Labute approximate surface area is 129 Å². The number of methoxy groups -OCH3 is 3. The Morgan fingerprint density at radius 1 is 0.818 bits per heavy atom. The molecule has 0 aliphatic carbocycles. The Morgan fingerprint density at radius 3 is 2.00 bits per heavy atom. The molecule has 2 aromatic carbocycles. The number of ether oxygens (including phenoxy) is 4. The summed E-state index contributed by atoms with van der Waals surface area (Å²) in [5.74, 6) is 1.25. The molecule has 0 atom stereocenters. The number of para-hydroxylation sites is 1. The number of carbonyl (C=O) groups excluding carboxylic acids is 1. The van der Waals surface area contributed by atoms with Gasteiger partial charge in [0.25, 0.3) is 0 Å². The van der Waals surface area contributed by atoms with Crippen LogP contribution in [-0.4, -0.2) is 27.3 Å². The zero-order valence-corrected chi connectivity index (χ0v) is 13.0. The van der Waals surface area contributed by atoms with Crippen molar-refractivity contribution in [2.75, 3.05) is 21.3 Å². The highest BCUT2D eigenvalue weighted by Crippen LogP contribution is 2.35. The van der Waals surface area contributed by atoms with Gasteiger partial charge >= 0.3 is 5.97 Å². The van der Waals surface area contributed by atoms with Gasteiger partial charge in [0, 0.05) is 12.1 Å². The maximum Gasteiger partial charge on any atom is 0.347 e. The molecule has 2 aromatic rings. The molecule has 0 bridgehead atoms. The summed E-state index contributed by atoms with van der Waals surface area (Å²) in [5, 5.41) is 0. The molecule has 0 unspecified atom stereocenters. The van der Waals surface area contributed by atoms with Crippen LogP contribution in [0.15, 0.2) is 36.4 Å². The molecule has 0 fully saturated rings. The van der Waals surface area contributed by atoms with Crippen molar-refractivity contribution in [3.8, 4) is 23.0 Å². The smallest absolute Gasteiger partial charge is 0.347 e. The van der Waals surface area contributed by atoms with Crippen LogP contribution in [0.3, 0.4) is 0 Å². The summed E-state index contributed by atoms with van der Waals surface area (Å²) < 4.78 is 21.1. The maximum atomic E-state index is 12.4. The van der Waals surface area contributed by atoms with Crippen molar-refractivity contribution < 1.29 is 23.7 Å². The van der Waals surface area contributed by atoms with Gasteiger partial charge in [-0.05, 0) is 18.6 Å². The minimum Gasteiger partial charge on any atom is -0.496 e. The zero-order valence-electron chi connectivity index (χ0n) is 13.0. The predicted octanol–water partition coefficient (Wildman–Crippen LogP) is 3.24. The topological polar surface area (TPSA) is 54.0 Å². The minimum atomic E-state index is -0.521. The van der Waals surface area contributed by atoms with Gasteiger partial charge in [0.05, 0.1) is 21.3 Å². The van der Waals surface area contributed by atoms with E-state index in [4.69, 9.17) is 18.9 Å². The average molecular weight is 302 g/mol. The molecule has 0 amide bonds. The highest BCUT2D eigenvalue weighted by Gasteiger charge is 2.20. The summed E-state index contributed by atoms with van der Waals surface area (Å²) in [6.45, 7) is 1.87. The molecule has 0 saturated heterocycles. The second kappa shape index (κ2) is 6.85. The highest BCUT2D eigenvalue weighted by molar-refractivity contribution is 5.95. The second-order valence-electron chi connectivity index (χ2n) is 4.56. The van der Waals surface area contributed by atoms with Gasteiger partial charge in [-0.3, -0.25) is 0 Å². The van der Waals surface area contributed by atoms with Crippen LogP contribution in [-0.2, 0) is 0 Å². The number of hydrogen-bond acceptors (Lipinski definition) is 5. The average Bonchev–Trinajstić information content (AvgIpc) is 2.55. The lowest BCUT2D eigenvalue weighted by molar-refractivity contribution is 0.0729. The fourth-order valence-electron chi connectivity index (χ4n) is 2.01. The lowest BCUT2D eigenvalue weighted by Crippen LogP contribution is -2.11. The Morgan fingerprint density at radius 2 is 1.41 bits per heavy atom. The Bertz CT molecular complexity index is 679. The molecule has 0 aliphatic rings. The first-order valence-electron chi connectivity index (χ1n) is 6.68. The molecule has 0 radical (unpaired) electrons. The van der Waals surface area contributed by atoms with Crippen LogP contribution in [0.25, 0.3) is 0 Å². The number of benzene rings is 2. The second-order valence-corrected chi connectivity index (χ2v) is 4.56.